The van der Waals surface area contributed by atoms with Crippen molar-refractivity contribution in [2.45, 2.75) is 19.3 Å². The molecule has 0 spiro atoms. The highest BCUT2D eigenvalue weighted by Crippen LogP contribution is 2.31. The van der Waals surface area contributed by atoms with Gasteiger partial charge in [0.2, 0.25) is 0 Å². The normalized spacial score (nSPS) is 22.1. The number of carbonyl (C=O) groups excluding carboxylic acids is 1. The summed E-state index contributed by atoms with van der Waals surface area (Å²) >= 11 is 1.61. The molecule has 0 saturated carbocycles. The first-order valence-corrected chi connectivity index (χ1v) is 5.28. The minimum Gasteiger partial charge on any atom is -0.380 e. The fourth-order valence-electron chi connectivity index (χ4n) is 1.65. The van der Waals surface area contributed by atoms with Gasteiger partial charge in [0, 0.05) is 10.8 Å². The summed E-state index contributed by atoms with van der Waals surface area (Å²) in [7, 11) is 0. The minimum atomic E-state index is 0.441. The van der Waals surface area contributed by atoms with Crippen LogP contribution in [0.5, 0.6) is 0 Å². The molecule has 0 saturated heterocycles. The third-order valence-electron chi connectivity index (χ3n) is 2.31. The number of hydrogen-bond donors (Lipinski definition) is 0. The molecule has 1 unspecified atom stereocenters. The Hall–Kier alpha value is -0.670. The van der Waals surface area contributed by atoms with Crippen LogP contribution in [-0.4, -0.2) is 19.5 Å². The molecule has 70 valence electrons. The monoisotopic (exact) mass is 196 g/mol. The van der Waals surface area contributed by atoms with E-state index in [0.29, 0.717) is 5.92 Å². The second kappa shape index (κ2) is 3.60. The van der Waals surface area contributed by atoms with E-state index in [-0.39, 0.29) is 0 Å². The van der Waals surface area contributed by atoms with Crippen LogP contribution in [0.15, 0.2) is 6.07 Å². The van der Waals surface area contributed by atoms with Crippen LogP contribution < -0.4 is 0 Å². The Morgan fingerprint density at radius 3 is 3.31 bits per heavy atom. The summed E-state index contributed by atoms with van der Waals surface area (Å²) in [6.45, 7) is 3.72. The first kappa shape index (κ1) is 8.91. The number of thiophene rings is 1. The lowest BCUT2D eigenvalue weighted by molar-refractivity contribution is 0.112. The van der Waals surface area contributed by atoms with Crippen molar-refractivity contribution in [1.82, 2.24) is 0 Å². The molecule has 0 amide bonds. The van der Waals surface area contributed by atoms with Gasteiger partial charge >= 0.3 is 0 Å². The van der Waals surface area contributed by atoms with Crippen molar-refractivity contribution in [3.8, 4) is 0 Å². The highest BCUT2D eigenvalue weighted by Gasteiger charge is 2.18. The summed E-state index contributed by atoms with van der Waals surface area (Å²) in [5.41, 5.74) is 1.30. The smallest absolute Gasteiger partial charge is 0.160 e. The number of fused-ring (bicyclic) bond motifs is 1. The summed E-state index contributed by atoms with van der Waals surface area (Å²) in [5, 5.41) is 0. The van der Waals surface area contributed by atoms with E-state index in [1.807, 2.05) is 6.07 Å². The quantitative estimate of drug-likeness (QED) is 0.644. The molecule has 2 heterocycles. The van der Waals surface area contributed by atoms with Gasteiger partial charge in [-0.2, -0.15) is 0 Å². The fraction of sp³-hybridized carbons (Fsp3) is 0.500. The van der Waals surface area contributed by atoms with E-state index in [2.05, 4.69) is 6.92 Å². The summed E-state index contributed by atoms with van der Waals surface area (Å²) in [6.07, 6.45) is 1.89. The Balaban J connectivity index is 2.38. The van der Waals surface area contributed by atoms with Crippen LogP contribution in [0.2, 0.25) is 0 Å². The SMILES string of the molecule is CC1COCCc2cc(C=O)sc21. The lowest BCUT2D eigenvalue weighted by Gasteiger charge is -2.05. The van der Waals surface area contributed by atoms with Gasteiger partial charge in [0.1, 0.15) is 0 Å². The molecular weight excluding hydrogens is 184 g/mol. The lowest BCUT2D eigenvalue weighted by Crippen LogP contribution is -1.99. The van der Waals surface area contributed by atoms with Gasteiger partial charge in [0.15, 0.2) is 6.29 Å². The molecule has 2 nitrogen and oxygen atoms in total. The molecule has 1 aromatic heterocycles. The van der Waals surface area contributed by atoms with Crippen molar-refractivity contribution in [3.63, 3.8) is 0 Å². The Morgan fingerprint density at radius 2 is 2.54 bits per heavy atom. The van der Waals surface area contributed by atoms with Gasteiger partial charge in [0.05, 0.1) is 18.1 Å². The zero-order valence-corrected chi connectivity index (χ0v) is 8.39. The van der Waals surface area contributed by atoms with Gasteiger partial charge in [-0.3, -0.25) is 4.79 Å². The zero-order chi connectivity index (χ0) is 9.26. The summed E-state index contributed by atoms with van der Waals surface area (Å²) in [6, 6.07) is 2.00. The van der Waals surface area contributed by atoms with E-state index in [1.54, 1.807) is 11.3 Å². The van der Waals surface area contributed by atoms with Crippen molar-refractivity contribution in [2.24, 2.45) is 0 Å². The van der Waals surface area contributed by atoms with Crippen molar-refractivity contribution < 1.29 is 9.53 Å². The molecular formula is C10H12O2S. The molecule has 0 fully saturated rings. The maximum absolute atomic E-state index is 10.6. The van der Waals surface area contributed by atoms with E-state index in [9.17, 15) is 4.79 Å². The maximum atomic E-state index is 10.6. The zero-order valence-electron chi connectivity index (χ0n) is 7.58. The van der Waals surface area contributed by atoms with Crippen molar-refractivity contribution in [1.29, 1.82) is 0 Å². The Bertz CT molecular complexity index is 317. The number of aldehydes is 1. The molecule has 0 aliphatic carbocycles. The molecule has 2 rings (SSSR count). The predicted octanol–water partition coefficient (Wildman–Crippen LogP) is 2.24. The van der Waals surface area contributed by atoms with Gasteiger partial charge in [-0.05, 0) is 18.1 Å². The summed E-state index contributed by atoms with van der Waals surface area (Å²) < 4.78 is 5.44. The van der Waals surface area contributed by atoms with Crippen LogP contribution in [0.25, 0.3) is 0 Å². The number of rotatable bonds is 1. The topological polar surface area (TPSA) is 26.3 Å². The van der Waals surface area contributed by atoms with Crippen molar-refractivity contribution in [2.75, 3.05) is 13.2 Å². The average molecular weight is 196 g/mol. The van der Waals surface area contributed by atoms with Crippen LogP contribution >= 0.6 is 11.3 Å². The molecule has 3 heteroatoms. The predicted molar refractivity (Wildman–Crippen MR) is 52.6 cm³/mol. The van der Waals surface area contributed by atoms with Crippen LogP contribution in [0, 0.1) is 0 Å². The highest BCUT2D eigenvalue weighted by atomic mass is 32.1. The van der Waals surface area contributed by atoms with Crippen molar-refractivity contribution in [3.05, 3.63) is 21.4 Å². The molecule has 1 aromatic rings. The second-order valence-electron chi connectivity index (χ2n) is 3.38. The third kappa shape index (κ3) is 1.67. The van der Waals surface area contributed by atoms with Crippen LogP contribution in [0.3, 0.4) is 0 Å². The first-order valence-electron chi connectivity index (χ1n) is 4.47. The molecule has 1 atom stereocenters. The molecule has 0 N–H and O–H groups in total. The minimum absolute atomic E-state index is 0.441. The lowest BCUT2D eigenvalue weighted by atomic mass is 10.1. The average Bonchev–Trinajstić information content (AvgIpc) is 2.48. The largest absolute Gasteiger partial charge is 0.380 e. The number of carbonyl (C=O) groups is 1. The van der Waals surface area contributed by atoms with Crippen LogP contribution in [-0.2, 0) is 11.2 Å². The van der Waals surface area contributed by atoms with Crippen LogP contribution in [0.1, 0.15) is 33.0 Å². The first-order chi connectivity index (χ1) is 6.31. The van der Waals surface area contributed by atoms with Crippen LogP contribution in [0.4, 0.5) is 0 Å². The molecule has 1 aliphatic heterocycles. The maximum Gasteiger partial charge on any atom is 0.160 e. The number of hydrogen-bond acceptors (Lipinski definition) is 3. The van der Waals surface area contributed by atoms with E-state index in [4.69, 9.17) is 4.74 Å². The third-order valence-corrected chi connectivity index (χ3v) is 3.64. The Morgan fingerprint density at radius 1 is 1.69 bits per heavy atom. The summed E-state index contributed by atoms with van der Waals surface area (Å²) in [5.74, 6) is 0.441. The van der Waals surface area contributed by atoms with Gasteiger partial charge in [-0.25, -0.2) is 0 Å². The van der Waals surface area contributed by atoms with Gasteiger partial charge in [-0.1, -0.05) is 6.92 Å². The second-order valence-corrected chi connectivity index (χ2v) is 4.50. The Labute approximate surface area is 81.5 Å². The van der Waals surface area contributed by atoms with Crippen molar-refractivity contribution >= 4 is 17.6 Å². The molecule has 0 aromatic carbocycles. The van der Waals surface area contributed by atoms with E-state index < -0.39 is 0 Å². The van der Waals surface area contributed by atoms with E-state index in [0.717, 1.165) is 30.8 Å². The van der Waals surface area contributed by atoms with Gasteiger partial charge in [0.25, 0.3) is 0 Å². The molecule has 0 radical (unpaired) electrons. The van der Waals surface area contributed by atoms with E-state index >= 15 is 0 Å². The van der Waals surface area contributed by atoms with E-state index in [1.165, 1.54) is 10.4 Å². The molecule has 13 heavy (non-hydrogen) atoms. The van der Waals surface area contributed by atoms with Gasteiger partial charge < -0.3 is 4.74 Å². The summed E-state index contributed by atoms with van der Waals surface area (Å²) in [4.78, 5) is 12.8. The fourth-order valence-corrected chi connectivity index (χ4v) is 2.72. The standard InChI is InChI=1S/C10H12O2S/c1-7-6-12-3-2-8-4-9(5-11)13-10(7)8/h4-5,7H,2-3,6H2,1H3. The number of ether oxygens (including phenoxy) is 1. The Kier molecular flexibility index (Phi) is 2.47. The molecule has 0 bridgehead atoms. The molecule has 1 aliphatic rings. The van der Waals surface area contributed by atoms with Gasteiger partial charge in [-0.15, -0.1) is 11.3 Å². The highest BCUT2D eigenvalue weighted by molar-refractivity contribution is 7.13.